The van der Waals surface area contributed by atoms with E-state index in [4.69, 9.17) is 11.6 Å². The van der Waals surface area contributed by atoms with Gasteiger partial charge in [-0.25, -0.2) is 27.5 Å². The number of halogens is 2. The van der Waals surface area contributed by atoms with Gasteiger partial charge < -0.3 is 10.2 Å². The van der Waals surface area contributed by atoms with Gasteiger partial charge >= 0.3 is 0 Å². The van der Waals surface area contributed by atoms with E-state index < -0.39 is 15.8 Å². The molecule has 0 radical (unpaired) electrons. The predicted molar refractivity (Wildman–Crippen MR) is 108 cm³/mol. The number of benzene rings is 1. The third-order valence-electron chi connectivity index (χ3n) is 4.43. The Morgan fingerprint density at radius 1 is 1.14 bits per heavy atom. The second kappa shape index (κ2) is 9.02. The average Bonchev–Trinajstić information content (AvgIpc) is 2.67. The summed E-state index contributed by atoms with van der Waals surface area (Å²) in [4.78, 5) is 11.0. The molecule has 2 N–H and O–H groups in total. The van der Waals surface area contributed by atoms with E-state index in [2.05, 4.69) is 24.9 Å². The molecule has 0 bridgehead atoms. The van der Waals surface area contributed by atoms with Gasteiger partial charge in [0.2, 0.25) is 10.0 Å². The summed E-state index contributed by atoms with van der Waals surface area (Å²) < 4.78 is 40.2. The lowest BCUT2D eigenvalue weighted by Gasteiger charge is -2.28. The molecule has 3 rings (SSSR count). The maximum atomic E-state index is 13.2. The zero-order chi connectivity index (χ0) is 20.1. The number of piperidine rings is 1. The summed E-state index contributed by atoms with van der Waals surface area (Å²) in [5.41, 5.74) is 0. The number of nitrogens with one attached hydrogen (secondary N) is 2. The predicted octanol–water partition coefficient (Wildman–Crippen LogP) is 2.96. The van der Waals surface area contributed by atoms with Gasteiger partial charge in [0.1, 0.15) is 23.3 Å². The van der Waals surface area contributed by atoms with Crippen molar-refractivity contribution < 1.29 is 12.8 Å². The van der Waals surface area contributed by atoms with Crippen LogP contribution in [-0.2, 0) is 10.0 Å². The summed E-state index contributed by atoms with van der Waals surface area (Å²) in [6, 6.07) is 5.18. The minimum Gasteiger partial charge on any atom is -0.369 e. The van der Waals surface area contributed by atoms with Crippen molar-refractivity contribution in [3.05, 3.63) is 40.9 Å². The largest absolute Gasteiger partial charge is 0.369 e. The van der Waals surface area contributed by atoms with Gasteiger partial charge in [-0.2, -0.15) is 0 Å². The SMILES string of the molecule is Cc1nc(NCCNS(=O)(=O)c2ccc(F)c(Cl)c2)cc(N2CCCCC2)n1. The molecule has 1 aromatic heterocycles. The van der Waals surface area contributed by atoms with Crippen molar-refractivity contribution in [2.45, 2.75) is 31.1 Å². The smallest absolute Gasteiger partial charge is 0.240 e. The van der Waals surface area contributed by atoms with Crippen LogP contribution in [0.2, 0.25) is 5.02 Å². The number of hydrogen-bond donors (Lipinski definition) is 2. The van der Waals surface area contributed by atoms with Crippen molar-refractivity contribution in [2.24, 2.45) is 0 Å². The number of nitrogens with zero attached hydrogens (tertiary/aromatic N) is 3. The van der Waals surface area contributed by atoms with Crippen LogP contribution < -0.4 is 14.9 Å². The van der Waals surface area contributed by atoms with Crippen molar-refractivity contribution in [3.63, 3.8) is 0 Å². The van der Waals surface area contributed by atoms with Gasteiger partial charge in [-0.1, -0.05) is 11.6 Å². The highest BCUT2D eigenvalue weighted by Gasteiger charge is 2.16. The Bertz CT molecular complexity index is 936. The van der Waals surface area contributed by atoms with Crippen LogP contribution in [0.4, 0.5) is 16.0 Å². The van der Waals surface area contributed by atoms with Crippen LogP contribution in [0.5, 0.6) is 0 Å². The van der Waals surface area contributed by atoms with Gasteiger partial charge in [0.15, 0.2) is 0 Å². The molecule has 0 spiro atoms. The third-order valence-corrected chi connectivity index (χ3v) is 6.18. The first-order valence-corrected chi connectivity index (χ1v) is 11.0. The number of aromatic nitrogens is 2. The van der Waals surface area contributed by atoms with Gasteiger partial charge in [-0.15, -0.1) is 0 Å². The van der Waals surface area contributed by atoms with Crippen molar-refractivity contribution in [3.8, 4) is 0 Å². The molecule has 7 nitrogen and oxygen atoms in total. The van der Waals surface area contributed by atoms with Gasteiger partial charge in [0.25, 0.3) is 0 Å². The van der Waals surface area contributed by atoms with Crippen LogP contribution in [-0.4, -0.2) is 44.6 Å². The first-order chi connectivity index (χ1) is 13.3. The van der Waals surface area contributed by atoms with Crippen LogP contribution in [0.15, 0.2) is 29.2 Å². The summed E-state index contributed by atoms with van der Waals surface area (Å²) in [5, 5.41) is 2.89. The number of aryl methyl sites for hydroxylation is 1. The van der Waals surface area contributed by atoms with E-state index in [1.807, 2.05) is 13.0 Å². The molecule has 2 heterocycles. The zero-order valence-electron chi connectivity index (χ0n) is 15.6. The summed E-state index contributed by atoms with van der Waals surface area (Å²) in [7, 11) is -3.77. The number of hydrogen-bond acceptors (Lipinski definition) is 6. The second-order valence-electron chi connectivity index (χ2n) is 6.61. The van der Waals surface area contributed by atoms with Crippen LogP contribution in [0.3, 0.4) is 0 Å². The molecular formula is C18H23ClFN5O2S. The molecule has 1 aromatic carbocycles. The van der Waals surface area contributed by atoms with Crippen LogP contribution in [0, 0.1) is 12.7 Å². The zero-order valence-corrected chi connectivity index (χ0v) is 17.2. The Kier molecular flexibility index (Phi) is 6.69. The van der Waals surface area contributed by atoms with Crippen molar-refractivity contribution in [1.82, 2.24) is 14.7 Å². The Morgan fingerprint density at radius 2 is 1.89 bits per heavy atom. The average molecular weight is 428 g/mol. The summed E-state index contributed by atoms with van der Waals surface area (Å²) >= 11 is 5.66. The van der Waals surface area contributed by atoms with Gasteiger partial charge in [-0.05, 0) is 44.4 Å². The first-order valence-electron chi connectivity index (χ1n) is 9.14. The molecule has 0 atom stereocenters. The van der Waals surface area contributed by atoms with Crippen molar-refractivity contribution >= 4 is 33.3 Å². The van der Waals surface area contributed by atoms with Crippen molar-refractivity contribution in [2.75, 3.05) is 36.4 Å². The molecule has 0 amide bonds. The summed E-state index contributed by atoms with van der Waals surface area (Å²) in [6.45, 7) is 4.27. The van der Waals surface area contributed by atoms with E-state index in [0.29, 0.717) is 18.2 Å². The lowest BCUT2D eigenvalue weighted by Crippen LogP contribution is -2.31. The summed E-state index contributed by atoms with van der Waals surface area (Å²) in [6.07, 6.45) is 3.55. The molecule has 1 saturated heterocycles. The number of sulfonamides is 1. The van der Waals surface area contributed by atoms with E-state index in [1.54, 1.807) is 0 Å². The molecule has 0 unspecified atom stereocenters. The monoisotopic (exact) mass is 427 g/mol. The van der Waals surface area contributed by atoms with E-state index in [1.165, 1.54) is 12.5 Å². The van der Waals surface area contributed by atoms with Crippen molar-refractivity contribution in [1.29, 1.82) is 0 Å². The lowest BCUT2D eigenvalue weighted by molar-refractivity contribution is 0.572. The van der Waals surface area contributed by atoms with E-state index in [-0.39, 0.29) is 16.5 Å². The molecule has 10 heteroatoms. The first kappa shape index (κ1) is 20.8. The quantitative estimate of drug-likeness (QED) is 0.660. The van der Waals surface area contributed by atoms with Crippen LogP contribution >= 0.6 is 11.6 Å². The normalized spacial score (nSPS) is 14.9. The maximum absolute atomic E-state index is 13.2. The Morgan fingerprint density at radius 3 is 2.61 bits per heavy atom. The Hall–Kier alpha value is -1.97. The van der Waals surface area contributed by atoms with Crippen LogP contribution in [0.25, 0.3) is 0 Å². The molecule has 0 aliphatic carbocycles. The molecule has 1 aliphatic rings. The molecule has 152 valence electrons. The standard InChI is InChI=1S/C18H23ClFN5O2S/c1-13-23-17(12-18(24-13)25-9-3-2-4-10-25)21-7-8-22-28(26,27)14-5-6-16(20)15(19)11-14/h5-6,11-12,22H,2-4,7-10H2,1H3,(H,21,23,24). The van der Waals surface area contributed by atoms with Gasteiger partial charge in [-0.3, -0.25) is 0 Å². The fourth-order valence-corrected chi connectivity index (χ4v) is 4.33. The Balaban J connectivity index is 1.57. The van der Waals surface area contributed by atoms with Gasteiger partial charge in [0.05, 0.1) is 9.92 Å². The molecule has 0 saturated carbocycles. The highest BCUT2D eigenvalue weighted by molar-refractivity contribution is 7.89. The van der Waals surface area contributed by atoms with Gasteiger partial charge in [0, 0.05) is 32.2 Å². The highest BCUT2D eigenvalue weighted by atomic mass is 35.5. The van der Waals surface area contributed by atoms with E-state index >= 15 is 0 Å². The number of anilines is 2. The number of rotatable bonds is 7. The molecule has 2 aromatic rings. The second-order valence-corrected chi connectivity index (χ2v) is 8.78. The fraction of sp³-hybridized carbons (Fsp3) is 0.444. The summed E-state index contributed by atoms with van der Waals surface area (Å²) in [5.74, 6) is 1.53. The molecule has 28 heavy (non-hydrogen) atoms. The highest BCUT2D eigenvalue weighted by Crippen LogP contribution is 2.21. The minimum absolute atomic E-state index is 0.0795. The molecule has 1 fully saturated rings. The van der Waals surface area contributed by atoms with E-state index in [0.717, 1.165) is 43.9 Å². The topological polar surface area (TPSA) is 87.2 Å². The van der Waals surface area contributed by atoms with Crippen LogP contribution in [0.1, 0.15) is 25.1 Å². The lowest BCUT2D eigenvalue weighted by atomic mass is 10.1. The Labute approximate surface area is 169 Å². The molecular weight excluding hydrogens is 405 g/mol. The molecule has 1 aliphatic heterocycles. The third kappa shape index (κ3) is 5.30. The minimum atomic E-state index is -3.77. The van der Waals surface area contributed by atoms with E-state index in [9.17, 15) is 12.8 Å². The fourth-order valence-electron chi connectivity index (χ4n) is 3.03. The maximum Gasteiger partial charge on any atom is 0.240 e.